The summed E-state index contributed by atoms with van der Waals surface area (Å²) in [6, 6.07) is 5.87. The van der Waals surface area contributed by atoms with Gasteiger partial charge in [-0.3, -0.25) is 4.79 Å². The van der Waals surface area contributed by atoms with Crippen LogP contribution >= 0.6 is 0 Å². The molecule has 0 aliphatic carbocycles. The highest BCUT2D eigenvalue weighted by atomic mass is 16.1. The fraction of sp³-hybridized carbons (Fsp3) is 0.182. The highest BCUT2D eigenvalue weighted by Crippen LogP contribution is 2.24. The smallest absolute Gasteiger partial charge is 0.268 e. The molecule has 1 aromatic heterocycles. The number of amides is 1. The Bertz CT molecular complexity index is 559. The van der Waals surface area contributed by atoms with Crippen LogP contribution < -0.4 is 5.32 Å². The molecule has 0 saturated heterocycles. The van der Waals surface area contributed by atoms with Gasteiger partial charge in [-0.15, -0.1) is 0 Å². The van der Waals surface area contributed by atoms with Crippen LogP contribution in [0, 0.1) is 0 Å². The van der Waals surface area contributed by atoms with E-state index < -0.39 is 0 Å². The summed E-state index contributed by atoms with van der Waals surface area (Å²) in [5.41, 5.74) is 2.64. The zero-order valence-electron chi connectivity index (χ0n) is 8.55. The maximum absolute atomic E-state index is 11.6. The minimum Gasteiger partial charge on any atom is -0.350 e. The van der Waals surface area contributed by atoms with E-state index in [0.29, 0.717) is 18.3 Å². The topological polar surface area (TPSA) is 44.9 Å². The average molecular weight is 187 g/mol. The summed E-state index contributed by atoms with van der Waals surface area (Å²) in [6.45, 7) is 0.682. The molecule has 14 heavy (non-hydrogen) atoms. The Labute approximate surface area is 82.5 Å². The second-order valence-corrected chi connectivity index (χ2v) is 3.46. The number of hydrogen-bond acceptors (Lipinski definition) is 1. The van der Waals surface area contributed by atoms with Crippen molar-refractivity contribution in [3.8, 4) is 0 Å². The maximum atomic E-state index is 11.6. The van der Waals surface area contributed by atoms with Crippen molar-refractivity contribution >= 4 is 16.8 Å². The number of benzene rings is 1. The van der Waals surface area contributed by atoms with E-state index in [1.54, 1.807) is 6.07 Å². The second-order valence-electron chi connectivity index (χ2n) is 3.46. The van der Waals surface area contributed by atoms with E-state index in [9.17, 15) is 4.79 Å². The zero-order valence-corrected chi connectivity index (χ0v) is 7.55. The van der Waals surface area contributed by atoms with Crippen LogP contribution in [0.3, 0.4) is 0 Å². The number of H-pyrrole nitrogens is 1. The van der Waals surface area contributed by atoms with Crippen molar-refractivity contribution in [3.05, 3.63) is 35.5 Å². The molecule has 3 rings (SSSR count). The molecule has 1 aliphatic heterocycles. The van der Waals surface area contributed by atoms with Gasteiger partial charge in [0, 0.05) is 17.4 Å². The SMILES string of the molecule is [2H]c1ccc2[nH]c3c(c2c1)CCNC3=O. The summed E-state index contributed by atoms with van der Waals surface area (Å²) in [5, 5.41) is 3.80. The lowest BCUT2D eigenvalue weighted by molar-refractivity contribution is 0.0942. The Morgan fingerprint density at radius 1 is 1.43 bits per heavy atom. The monoisotopic (exact) mass is 187 g/mol. The molecule has 70 valence electrons. The van der Waals surface area contributed by atoms with E-state index in [1.165, 1.54) is 0 Å². The molecule has 0 unspecified atom stereocenters. The van der Waals surface area contributed by atoms with Crippen molar-refractivity contribution in [1.29, 1.82) is 0 Å². The molecule has 0 spiro atoms. The number of hydrogen-bond donors (Lipinski definition) is 2. The van der Waals surface area contributed by atoms with E-state index >= 15 is 0 Å². The van der Waals surface area contributed by atoms with Gasteiger partial charge in [0.2, 0.25) is 0 Å². The average Bonchev–Trinajstić information content (AvgIpc) is 2.58. The van der Waals surface area contributed by atoms with E-state index in [1.807, 2.05) is 12.1 Å². The second kappa shape index (κ2) is 2.61. The first kappa shape index (κ1) is 6.65. The largest absolute Gasteiger partial charge is 0.350 e. The summed E-state index contributed by atoms with van der Waals surface area (Å²) in [5.74, 6) is -0.0426. The number of carbonyl (C=O) groups is 1. The van der Waals surface area contributed by atoms with Gasteiger partial charge < -0.3 is 10.3 Å². The molecular formula is C11H10N2O. The number of rotatable bonds is 0. The fourth-order valence-electron chi connectivity index (χ4n) is 1.98. The molecular weight excluding hydrogens is 176 g/mol. The Morgan fingerprint density at radius 3 is 3.29 bits per heavy atom. The molecule has 3 nitrogen and oxygen atoms in total. The van der Waals surface area contributed by atoms with Gasteiger partial charge in [-0.2, -0.15) is 0 Å². The molecule has 3 heteroatoms. The standard InChI is InChI=1S/C11H10N2O/c14-11-10-8(5-6-12-11)7-3-1-2-4-9(7)13-10/h1-4,13H,5-6H2,(H,12,14)/i1D. The van der Waals surface area contributed by atoms with Crippen LogP contribution in [0.5, 0.6) is 0 Å². The quantitative estimate of drug-likeness (QED) is 0.644. The third-order valence-corrected chi connectivity index (χ3v) is 2.64. The third-order valence-electron chi connectivity index (χ3n) is 2.64. The van der Waals surface area contributed by atoms with E-state index in [2.05, 4.69) is 10.3 Å². The van der Waals surface area contributed by atoms with Crippen LogP contribution in [-0.4, -0.2) is 17.4 Å². The fourth-order valence-corrected chi connectivity index (χ4v) is 1.98. The zero-order chi connectivity index (χ0) is 10.4. The summed E-state index contributed by atoms with van der Waals surface area (Å²) in [6.07, 6.45) is 0.838. The number of nitrogens with one attached hydrogen (secondary N) is 2. The lowest BCUT2D eigenvalue weighted by Crippen LogP contribution is -2.31. The van der Waals surface area contributed by atoms with Gasteiger partial charge in [0.1, 0.15) is 5.69 Å². The molecule has 2 heterocycles. The first-order valence-electron chi connectivity index (χ1n) is 5.15. The van der Waals surface area contributed by atoms with Gasteiger partial charge in [0.15, 0.2) is 0 Å². The molecule has 0 radical (unpaired) electrons. The first-order chi connectivity index (χ1) is 7.25. The normalized spacial score (nSPS) is 16.3. The van der Waals surface area contributed by atoms with Crippen molar-refractivity contribution in [3.63, 3.8) is 0 Å². The van der Waals surface area contributed by atoms with Crippen LogP contribution in [-0.2, 0) is 6.42 Å². The molecule has 2 aromatic rings. The molecule has 2 N–H and O–H groups in total. The van der Waals surface area contributed by atoms with Gasteiger partial charge in [-0.1, -0.05) is 18.2 Å². The van der Waals surface area contributed by atoms with Crippen molar-refractivity contribution in [2.45, 2.75) is 6.42 Å². The Morgan fingerprint density at radius 2 is 2.36 bits per heavy atom. The highest BCUT2D eigenvalue weighted by Gasteiger charge is 2.20. The number of carbonyl (C=O) groups excluding carboxylic acids is 1. The third kappa shape index (κ3) is 0.894. The highest BCUT2D eigenvalue weighted by molar-refractivity contribution is 6.02. The molecule has 1 amide bonds. The summed E-state index contributed by atoms with van der Waals surface area (Å²) < 4.78 is 7.57. The van der Waals surface area contributed by atoms with E-state index in [4.69, 9.17) is 1.37 Å². The minimum atomic E-state index is -0.0426. The Balaban J connectivity index is 2.36. The molecule has 0 bridgehead atoms. The van der Waals surface area contributed by atoms with Crippen LogP contribution in [0.4, 0.5) is 0 Å². The van der Waals surface area contributed by atoms with Gasteiger partial charge in [-0.05, 0) is 18.1 Å². The van der Waals surface area contributed by atoms with Crippen molar-refractivity contribution < 1.29 is 6.17 Å². The molecule has 0 atom stereocenters. The Hall–Kier alpha value is -1.77. The van der Waals surface area contributed by atoms with E-state index in [0.717, 1.165) is 22.9 Å². The first-order valence-corrected chi connectivity index (χ1v) is 4.65. The molecule has 0 saturated carbocycles. The van der Waals surface area contributed by atoms with Gasteiger partial charge in [0.25, 0.3) is 5.91 Å². The van der Waals surface area contributed by atoms with Gasteiger partial charge in [0.05, 0.1) is 1.37 Å². The molecule has 1 aromatic carbocycles. The summed E-state index contributed by atoms with van der Waals surface area (Å²) in [4.78, 5) is 14.6. The lowest BCUT2D eigenvalue weighted by Gasteiger charge is -2.11. The van der Waals surface area contributed by atoms with Crippen LogP contribution in [0.2, 0.25) is 0 Å². The van der Waals surface area contributed by atoms with Crippen molar-refractivity contribution in [1.82, 2.24) is 10.3 Å². The van der Waals surface area contributed by atoms with Gasteiger partial charge in [-0.25, -0.2) is 0 Å². The van der Waals surface area contributed by atoms with Crippen molar-refractivity contribution in [2.75, 3.05) is 6.54 Å². The van der Waals surface area contributed by atoms with Gasteiger partial charge >= 0.3 is 0 Å². The molecule has 1 aliphatic rings. The molecule has 0 fully saturated rings. The van der Waals surface area contributed by atoms with E-state index in [-0.39, 0.29) is 5.91 Å². The predicted octanol–water partition coefficient (Wildman–Crippen LogP) is 1.45. The van der Waals surface area contributed by atoms with Crippen LogP contribution in [0.15, 0.2) is 24.2 Å². The van der Waals surface area contributed by atoms with Crippen LogP contribution in [0.1, 0.15) is 17.4 Å². The predicted molar refractivity (Wildman–Crippen MR) is 54.3 cm³/mol. The maximum Gasteiger partial charge on any atom is 0.268 e. The number of para-hydroxylation sites is 1. The minimum absolute atomic E-state index is 0.0426. The summed E-state index contributed by atoms with van der Waals surface area (Å²) in [7, 11) is 0. The number of aromatic nitrogens is 1. The summed E-state index contributed by atoms with van der Waals surface area (Å²) >= 11 is 0. The Kier molecular flexibility index (Phi) is 1.24. The van der Waals surface area contributed by atoms with Crippen molar-refractivity contribution in [2.24, 2.45) is 0 Å². The number of aromatic amines is 1. The number of fused-ring (bicyclic) bond motifs is 3. The lowest BCUT2D eigenvalue weighted by atomic mass is 10.0. The van der Waals surface area contributed by atoms with Crippen LogP contribution in [0.25, 0.3) is 10.9 Å².